The van der Waals surface area contributed by atoms with Gasteiger partial charge in [0.15, 0.2) is 0 Å². The molecule has 1 aliphatic carbocycles. The van der Waals surface area contributed by atoms with Crippen LogP contribution in [0.4, 0.5) is 0 Å². The van der Waals surface area contributed by atoms with Crippen LogP contribution in [0.5, 0.6) is 0 Å². The highest BCUT2D eigenvalue weighted by atomic mass is 127. The minimum atomic E-state index is 0.151. The van der Waals surface area contributed by atoms with Gasteiger partial charge in [0.2, 0.25) is 0 Å². The SMILES string of the molecule is N[C@@H](c1cnc(Cl)c(I)c1)C1CC1. The molecule has 0 spiro atoms. The number of nitrogens with two attached hydrogens (primary N) is 1. The summed E-state index contributed by atoms with van der Waals surface area (Å²) in [5, 5.41) is 0.562. The number of aromatic nitrogens is 1. The van der Waals surface area contributed by atoms with Gasteiger partial charge in [-0.25, -0.2) is 4.98 Å². The van der Waals surface area contributed by atoms with Gasteiger partial charge in [0.25, 0.3) is 0 Å². The van der Waals surface area contributed by atoms with Crippen LogP contribution in [-0.2, 0) is 0 Å². The molecule has 1 atom stereocenters. The largest absolute Gasteiger partial charge is 0.324 e. The van der Waals surface area contributed by atoms with E-state index in [9.17, 15) is 0 Å². The van der Waals surface area contributed by atoms with Gasteiger partial charge in [-0.2, -0.15) is 0 Å². The van der Waals surface area contributed by atoms with E-state index in [-0.39, 0.29) is 6.04 Å². The Hall–Kier alpha value is 0.130. The molecule has 0 aliphatic heterocycles. The molecule has 0 bridgehead atoms. The second kappa shape index (κ2) is 3.71. The van der Waals surface area contributed by atoms with Crippen LogP contribution in [0.2, 0.25) is 5.15 Å². The molecule has 2 nitrogen and oxygen atoms in total. The maximum Gasteiger partial charge on any atom is 0.142 e. The molecular formula is C9H10ClIN2. The van der Waals surface area contributed by atoms with E-state index in [0.717, 1.165) is 9.13 Å². The van der Waals surface area contributed by atoms with E-state index in [0.29, 0.717) is 11.1 Å². The van der Waals surface area contributed by atoms with Crippen LogP contribution in [0.25, 0.3) is 0 Å². The molecule has 1 fully saturated rings. The highest BCUT2D eigenvalue weighted by Crippen LogP contribution is 2.39. The Morgan fingerprint density at radius 1 is 1.62 bits per heavy atom. The fourth-order valence-corrected chi connectivity index (χ4v) is 1.95. The molecule has 0 amide bonds. The predicted octanol–water partition coefficient (Wildman–Crippen LogP) is 2.75. The summed E-state index contributed by atoms with van der Waals surface area (Å²) in [5.74, 6) is 0.666. The molecule has 1 heterocycles. The third-order valence-corrected chi connectivity index (χ3v) is 3.77. The van der Waals surface area contributed by atoms with Crippen molar-refractivity contribution in [2.75, 3.05) is 0 Å². The van der Waals surface area contributed by atoms with Gasteiger partial charge in [-0.3, -0.25) is 0 Å². The highest BCUT2D eigenvalue weighted by Gasteiger charge is 2.29. The number of rotatable bonds is 2. The van der Waals surface area contributed by atoms with Crippen molar-refractivity contribution in [2.24, 2.45) is 11.7 Å². The Bertz CT molecular complexity index is 325. The van der Waals surface area contributed by atoms with Crippen LogP contribution >= 0.6 is 34.2 Å². The fourth-order valence-electron chi connectivity index (χ4n) is 1.35. The summed E-state index contributed by atoms with van der Waals surface area (Å²) >= 11 is 8.00. The van der Waals surface area contributed by atoms with Crippen molar-refractivity contribution in [3.63, 3.8) is 0 Å². The van der Waals surface area contributed by atoms with Crippen LogP contribution < -0.4 is 5.73 Å². The van der Waals surface area contributed by atoms with Gasteiger partial charge in [-0.15, -0.1) is 0 Å². The Kier molecular flexibility index (Phi) is 2.76. The normalized spacial score (nSPS) is 18.7. The topological polar surface area (TPSA) is 38.9 Å². The maximum absolute atomic E-state index is 6.03. The van der Waals surface area contributed by atoms with Crippen LogP contribution in [-0.4, -0.2) is 4.98 Å². The molecule has 0 radical (unpaired) electrons. The smallest absolute Gasteiger partial charge is 0.142 e. The number of hydrogen-bond acceptors (Lipinski definition) is 2. The quantitative estimate of drug-likeness (QED) is 0.674. The summed E-state index contributed by atoms with van der Waals surface area (Å²) in [4.78, 5) is 4.09. The summed E-state index contributed by atoms with van der Waals surface area (Å²) in [6.07, 6.45) is 4.29. The Balaban J connectivity index is 2.24. The molecule has 0 unspecified atom stereocenters. The standard InChI is InChI=1S/C9H10ClIN2/c10-9-7(11)3-6(4-13-9)8(12)5-1-2-5/h3-5,8H,1-2,12H2/t8-/m1/s1. The Labute approximate surface area is 96.0 Å². The molecule has 0 aromatic carbocycles. The first-order valence-electron chi connectivity index (χ1n) is 4.25. The van der Waals surface area contributed by atoms with Gasteiger partial charge >= 0.3 is 0 Å². The molecule has 2 N–H and O–H groups in total. The van der Waals surface area contributed by atoms with Crippen molar-refractivity contribution in [2.45, 2.75) is 18.9 Å². The third kappa shape index (κ3) is 2.14. The molecule has 0 saturated heterocycles. The number of halogens is 2. The van der Waals surface area contributed by atoms with Crippen LogP contribution in [0.1, 0.15) is 24.4 Å². The van der Waals surface area contributed by atoms with Crippen LogP contribution in [0.15, 0.2) is 12.3 Å². The van der Waals surface area contributed by atoms with Crippen molar-refractivity contribution in [3.8, 4) is 0 Å². The molecule has 1 saturated carbocycles. The molecule has 13 heavy (non-hydrogen) atoms. The zero-order valence-electron chi connectivity index (χ0n) is 7.00. The summed E-state index contributed by atoms with van der Waals surface area (Å²) in [5.41, 5.74) is 7.14. The van der Waals surface area contributed by atoms with Crippen molar-refractivity contribution >= 4 is 34.2 Å². The van der Waals surface area contributed by atoms with Crippen molar-refractivity contribution in [1.29, 1.82) is 0 Å². The van der Waals surface area contributed by atoms with Gasteiger partial charge < -0.3 is 5.73 Å². The summed E-state index contributed by atoms with van der Waals surface area (Å²) < 4.78 is 0.980. The maximum atomic E-state index is 6.03. The number of pyridine rings is 1. The van der Waals surface area contributed by atoms with E-state index in [1.165, 1.54) is 12.8 Å². The zero-order chi connectivity index (χ0) is 9.42. The fraction of sp³-hybridized carbons (Fsp3) is 0.444. The van der Waals surface area contributed by atoms with Crippen molar-refractivity contribution in [3.05, 3.63) is 26.5 Å². The molecule has 4 heteroatoms. The second-order valence-corrected chi connectivity index (χ2v) is 4.92. The van der Waals surface area contributed by atoms with Gasteiger partial charge in [-0.1, -0.05) is 11.6 Å². The van der Waals surface area contributed by atoms with E-state index in [1.807, 2.05) is 6.07 Å². The summed E-state index contributed by atoms with van der Waals surface area (Å²) in [6.45, 7) is 0. The average Bonchev–Trinajstić information content (AvgIpc) is 2.91. The number of hydrogen-bond donors (Lipinski definition) is 1. The first-order valence-corrected chi connectivity index (χ1v) is 5.70. The average molecular weight is 309 g/mol. The minimum absolute atomic E-state index is 0.151. The lowest BCUT2D eigenvalue weighted by molar-refractivity contribution is 0.630. The highest BCUT2D eigenvalue weighted by molar-refractivity contribution is 14.1. The molecule has 2 rings (SSSR count). The molecule has 70 valence electrons. The summed E-state index contributed by atoms with van der Waals surface area (Å²) in [6, 6.07) is 2.18. The lowest BCUT2D eigenvalue weighted by atomic mass is 10.1. The molecular weight excluding hydrogens is 298 g/mol. The van der Waals surface area contributed by atoms with Crippen molar-refractivity contribution < 1.29 is 0 Å². The Morgan fingerprint density at radius 3 is 2.85 bits per heavy atom. The molecule has 1 aliphatic rings. The van der Waals surface area contributed by atoms with Gasteiger partial charge in [0.1, 0.15) is 5.15 Å². The van der Waals surface area contributed by atoms with Crippen LogP contribution in [0, 0.1) is 9.49 Å². The predicted molar refractivity (Wildman–Crippen MR) is 61.6 cm³/mol. The first-order chi connectivity index (χ1) is 6.18. The summed E-state index contributed by atoms with van der Waals surface area (Å²) in [7, 11) is 0. The van der Waals surface area contributed by atoms with E-state index in [2.05, 4.69) is 27.6 Å². The van der Waals surface area contributed by atoms with Crippen LogP contribution in [0.3, 0.4) is 0 Å². The monoisotopic (exact) mass is 308 g/mol. The molecule has 1 aromatic heterocycles. The van der Waals surface area contributed by atoms with E-state index < -0.39 is 0 Å². The second-order valence-electron chi connectivity index (χ2n) is 3.40. The van der Waals surface area contributed by atoms with E-state index in [4.69, 9.17) is 17.3 Å². The van der Waals surface area contributed by atoms with Gasteiger partial charge in [-0.05, 0) is 53.0 Å². The van der Waals surface area contributed by atoms with Gasteiger partial charge in [0, 0.05) is 12.2 Å². The first kappa shape index (κ1) is 9.68. The lowest BCUT2D eigenvalue weighted by Gasteiger charge is -2.10. The zero-order valence-corrected chi connectivity index (χ0v) is 9.92. The lowest BCUT2D eigenvalue weighted by Crippen LogP contribution is -2.12. The van der Waals surface area contributed by atoms with E-state index in [1.54, 1.807) is 6.20 Å². The molecule has 1 aromatic rings. The van der Waals surface area contributed by atoms with Crippen molar-refractivity contribution in [1.82, 2.24) is 4.98 Å². The number of nitrogens with zero attached hydrogens (tertiary/aromatic N) is 1. The minimum Gasteiger partial charge on any atom is -0.324 e. The van der Waals surface area contributed by atoms with Gasteiger partial charge in [0.05, 0.1) is 3.57 Å². The van der Waals surface area contributed by atoms with E-state index >= 15 is 0 Å². The third-order valence-electron chi connectivity index (χ3n) is 2.33. The Morgan fingerprint density at radius 2 is 2.31 bits per heavy atom.